The van der Waals surface area contributed by atoms with Crippen LogP contribution in [0.2, 0.25) is 0 Å². The van der Waals surface area contributed by atoms with Crippen LogP contribution in [-0.4, -0.2) is 66.9 Å². The van der Waals surface area contributed by atoms with Gasteiger partial charge >= 0.3 is 0 Å². The molecule has 2 aromatic carbocycles. The number of piperidine rings is 1. The Hall–Kier alpha value is -3.35. The number of ether oxygens (including phenoxy) is 1. The zero-order chi connectivity index (χ0) is 23.2. The summed E-state index contributed by atoms with van der Waals surface area (Å²) in [7, 11) is 1.56. The van der Waals surface area contributed by atoms with E-state index in [2.05, 4.69) is 5.32 Å². The first-order valence-electron chi connectivity index (χ1n) is 11.6. The van der Waals surface area contributed by atoms with Crippen LogP contribution in [0.1, 0.15) is 46.4 Å². The predicted molar refractivity (Wildman–Crippen MR) is 125 cm³/mol. The summed E-state index contributed by atoms with van der Waals surface area (Å²) in [6, 6.07) is 15.6. The van der Waals surface area contributed by atoms with Gasteiger partial charge in [0.15, 0.2) is 0 Å². The van der Waals surface area contributed by atoms with Crippen LogP contribution < -0.4 is 10.1 Å². The first-order chi connectivity index (χ1) is 16.1. The summed E-state index contributed by atoms with van der Waals surface area (Å²) in [5, 5.41) is 3.02. The van der Waals surface area contributed by atoms with Crippen molar-refractivity contribution in [2.75, 3.05) is 33.3 Å². The van der Waals surface area contributed by atoms with Crippen LogP contribution >= 0.6 is 0 Å². The van der Waals surface area contributed by atoms with Crippen molar-refractivity contribution in [3.8, 4) is 5.75 Å². The molecule has 1 unspecified atom stereocenters. The van der Waals surface area contributed by atoms with E-state index >= 15 is 0 Å². The van der Waals surface area contributed by atoms with Crippen LogP contribution in [-0.2, 0) is 4.79 Å². The topological polar surface area (TPSA) is 79.0 Å². The van der Waals surface area contributed by atoms with Crippen molar-refractivity contribution in [1.29, 1.82) is 0 Å². The molecule has 7 nitrogen and oxygen atoms in total. The molecule has 0 aromatic heterocycles. The normalized spacial score (nSPS) is 17.5. The van der Waals surface area contributed by atoms with Gasteiger partial charge in [0.05, 0.1) is 7.11 Å². The summed E-state index contributed by atoms with van der Waals surface area (Å²) in [5.74, 6) is 0.285. The number of amides is 3. The zero-order valence-corrected chi connectivity index (χ0v) is 19.0. The summed E-state index contributed by atoms with van der Waals surface area (Å²) in [6.45, 7) is 2.60. The molecule has 1 N–H and O–H groups in total. The third kappa shape index (κ3) is 5.35. The maximum Gasteiger partial charge on any atom is 0.253 e. The van der Waals surface area contributed by atoms with Crippen molar-refractivity contribution < 1.29 is 19.1 Å². The third-order valence-corrected chi connectivity index (χ3v) is 6.62. The Morgan fingerprint density at radius 1 is 0.879 bits per heavy atom. The molecule has 174 valence electrons. The Morgan fingerprint density at radius 3 is 2.21 bits per heavy atom. The second-order valence-corrected chi connectivity index (χ2v) is 8.71. The van der Waals surface area contributed by atoms with Crippen molar-refractivity contribution >= 4 is 17.7 Å². The highest BCUT2D eigenvalue weighted by Gasteiger charge is 2.37. The van der Waals surface area contributed by atoms with Gasteiger partial charge in [-0.3, -0.25) is 14.4 Å². The van der Waals surface area contributed by atoms with Crippen LogP contribution in [0.25, 0.3) is 0 Å². The van der Waals surface area contributed by atoms with Crippen molar-refractivity contribution in [1.82, 2.24) is 15.1 Å². The maximum absolute atomic E-state index is 13.4. The lowest BCUT2D eigenvalue weighted by atomic mass is 9.88. The van der Waals surface area contributed by atoms with Crippen molar-refractivity contribution in [2.24, 2.45) is 5.92 Å². The third-order valence-electron chi connectivity index (χ3n) is 6.62. The number of hydrogen-bond donors (Lipinski definition) is 1. The standard InChI is InChI=1S/C26H31N3O4/c1-33-22-11-7-10-21(18-22)24(30)27-23(26(32)28-14-5-6-15-28)19-12-16-29(17-13-19)25(31)20-8-3-2-4-9-20/h2-4,7-11,18-19,23H,5-6,12-17H2,1H3,(H,27,30). The molecule has 0 aliphatic carbocycles. The van der Waals surface area contributed by atoms with Crippen LogP contribution in [0.3, 0.4) is 0 Å². The molecule has 2 fully saturated rings. The Kier molecular flexibility index (Phi) is 7.27. The molecular formula is C26H31N3O4. The number of likely N-dealkylation sites (tertiary alicyclic amines) is 2. The molecule has 2 aromatic rings. The van der Waals surface area contributed by atoms with Crippen molar-refractivity contribution in [3.05, 3.63) is 65.7 Å². The van der Waals surface area contributed by atoms with Gasteiger partial charge in [0.25, 0.3) is 11.8 Å². The molecule has 33 heavy (non-hydrogen) atoms. The van der Waals surface area contributed by atoms with Gasteiger partial charge in [-0.15, -0.1) is 0 Å². The number of methoxy groups -OCH3 is 1. The molecule has 0 radical (unpaired) electrons. The first-order valence-corrected chi connectivity index (χ1v) is 11.6. The molecule has 2 heterocycles. The highest BCUT2D eigenvalue weighted by Crippen LogP contribution is 2.25. The van der Waals surface area contributed by atoms with Gasteiger partial charge in [-0.2, -0.15) is 0 Å². The molecule has 4 rings (SSSR count). The predicted octanol–water partition coefficient (Wildman–Crippen LogP) is 2.97. The molecule has 7 heteroatoms. The van der Waals surface area contributed by atoms with Gasteiger partial charge in [0, 0.05) is 37.3 Å². The summed E-state index contributed by atoms with van der Waals surface area (Å²) in [4.78, 5) is 42.9. The zero-order valence-electron chi connectivity index (χ0n) is 19.0. The lowest BCUT2D eigenvalue weighted by molar-refractivity contribution is -0.134. The molecule has 0 bridgehead atoms. The fourth-order valence-electron chi connectivity index (χ4n) is 4.70. The van der Waals surface area contributed by atoms with E-state index in [1.54, 1.807) is 31.4 Å². The summed E-state index contributed by atoms with van der Waals surface area (Å²) in [5.41, 5.74) is 1.14. The summed E-state index contributed by atoms with van der Waals surface area (Å²) >= 11 is 0. The molecule has 1 atom stereocenters. The minimum Gasteiger partial charge on any atom is -0.497 e. The quantitative estimate of drug-likeness (QED) is 0.736. The van der Waals surface area contributed by atoms with Gasteiger partial charge < -0.3 is 19.9 Å². The maximum atomic E-state index is 13.4. The number of carbonyl (C=O) groups is 3. The summed E-state index contributed by atoms with van der Waals surface area (Å²) in [6.07, 6.45) is 3.32. The van der Waals surface area contributed by atoms with Gasteiger partial charge in [-0.1, -0.05) is 24.3 Å². The molecule has 0 spiro atoms. The van der Waals surface area contributed by atoms with E-state index in [9.17, 15) is 14.4 Å². The Morgan fingerprint density at radius 2 is 1.55 bits per heavy atom. The van der Waals surface area contributed by atoms with Crippen molar-refractivity contribution in [2.45, 2.75) is 31.7 Å². The number of hydrogen-bond acceptors (Lipinski definition) is 4. The average molecular weight is 450 g/mol. The van der Waals surface area contributed by atoms with E-state index in [0.717, 1.165) is 25.9 Å². The fraction of sp³-hybridized carbons (Fsp3) is 0.423. The number of carbonyl (C=O) groups excluding carboxylic acids is 3. The monoisotopic (exact) mass is 449 g/mol. The Labute approximate surface area is 194 Å². The van der Waals surface area contributed by atoms with Gasteiger partial charge in [0.1, 0.15) is 11.8 Å². The molecule has 3 amide bonds. The second kappa shape index (κ2) is 10.5. The van der Waals surface area contributed by atoms with E-state index in [0.29, 0.717) is 42.8 Å². The number of nitrogens with one attached hydrogen (secondary N) is 1. The van der Waals surface area contributed by atoms with E-state index in [1.165, 1.54) is 0 Å². The number of nitrogens with zero attached hydrogens (tertiary/aromatic N) is 2. The molecular weight excluding hydrogens is 418 g/mol. The van der Waals surface area contributed by atoms with Gasteiger partial charge in [0.2, 0.25) is 5.91 Å². The average Bonchev–Trinajstić information content (AvgIpc) is 3.42. The number of rotatable bonds is 6. The van der Waals surface area contributed by atoms with E-state index < -0.39 is 6.04 Å². The SMILES string of the molecule is COc1cccc(C(=O)NC(C(=O)N2CCCC2)C2CCN(C(=O)c3ccccc3)CC2)c1. The van der Waals surface area contributed by atoms with Crippen LogP contribution in [0.5, 0.6) is 5.75 Å². The fourth-order valence-corrected chi connectivity index (χ4v) is 4.70. The molecule has 2 aliphatic rings. The second-order valence-electron chi connectivity index (χ2n) is 8.71. The minimum absolute atomic E-state index is 0.0110. The molecule has 2 saturated heterocycles. The number of benzene rings is 2. The smallest absolute Gasteiger partial charge is 0.253 e. The summed E-state index contributed by atoms with van der Waals surface area (Å²) < 4.78 is 5.23. The molecule has 0 saturated carbocycles. The van der Waals surface area contributed by atoms with Crippen LogP contribution in [0.4, 0.5) is 0 Å². The van der Waals surface area contributed by atoms with Crippen molar-refractivity contribution in [3.63, 3.8) is 0 Å². The lowest BCUT2D eigenvalue weighted by Crippen LogP contribution is -2.54. The largest absolute Gasteiger partial charge is 0.497 e. The van der Waals surface area contributed by atoms with Gasteiger partial charge in [-0.25, -0.2) is 0 Å². The van der Waals surface area contributed by atoms with Gasteiger partial charge in [-0.05, 0) is 61.9 Å². The van der Waals surface area contributed by atoms with E-state index in [-0.39, 0.29) is 23.6 Å². The lowest BCUT2D eigenvalue weighted by Gasteiger charge is -2.37. The van der Waals surface area contributed by atoms with Crippen LogP contribution in [0.15, 0.2) is 54.6 Å². The Balaban J connectivity index is 1.46. The Bertz CT molecular complexity index is 980. The highest BCUT2D eigenvalue weighted by atomic mass is 16.5. The minimum atomic E-state index is -0.601. The van der Waals surface area contributed by atoms with Crippen LogP contribution in [0, 0.1) is 5.92 Å². The van der Waals surface area contributed by atoms with E-state index in [1.807, 2.05) is 40.1 Å². The highest BCUT2D eigenvalue weighted by molar-refractivity contribution is 5.98. The van der Waals surface area contributed by atoms with E-state index in [4.69, 9.17) is 4.74 Å². The molecule has 2 aliphatic heterocycles. The first kappa shape index (κ1) is 22.8.